The second-order valence-electron chi connectivity index (χ2n) is 5.27. The number of hydrogen-bond acceptors (Lipinski definition) is 5. The predicted octanol–water partition coefficient (Wildman–Crippen LogP) is 3.07. The molecule has 0 aliphatic carbocycles. The number of nitriles is 1. The second-order valence-corrected chi connectivity index (χ2v) is 5.27. The van der Waals surface area contributed by atoms with E-state index >= 15 is 0 Å². The molecule has 3 rings (SSSR count). The van der Waals surface area contributed by atoms with Gasteiger partial charge in [-0.25, -0.2) is 0 Å². The third kappa shape index (κ3) is 2.52. The average Bonchev–Trinajstić information content (AvgIpc) is 2.51. The Morgan fingerprint density at radius 1 is 1.29 bits per heavy atom. The fourth-order valence-corrected chi connectivity index (χ4v) is 2.52. The molecule has 0 radical (unpaired) electrons. The number of anilines is 3. The Morgan fingerprint density at radius 3 is 2.95 bits per heavy atom. The van der Waals surface area contributed by atoms with E-state index in [1.807, 2.05) is 19.9 Å². The fraction of sp³-hybridized carbons (Fsp3) is 0.312. The van der Waals surface area contributed by atoms with Crippen LogP contribution in [0.25, 0.3) is 0 Å². The van der Waals surface area contributed by atoms with Crippen molar-refractivity contribution in [1.29, 1.82) is 5.26 Å². The Morgan fingerprint density at radius 2 is 2.14 bits per heavy atom. The monoisotopic (exact) mass is 279 g/mol. The molecular formula is C16H17N5. The summed E-state index contributed by atoms with van der Waals surface area (Å²) in [4.78, 5) is 0. The van der Waals surface area contributed by atoms with Crippen LogP contribution in [0, 0.1) is 25.2 Å². The molecule has 106 valence electrons. The van der Waals surface area contributed by atoms with Gasteiger partial charge in [0, 0.05) is 17.9 Å². The van der Waals surface area contributed by atoms with Gasteiger partial charge in [0.15, 0.2) is 5.82 Å². The van der Waals surface area contributed by atoms with Gasteiger partial charge in [-0.15, -0.1) is 5.10 Å². The lowest BCUT2D eigenvalue weighted by atomic mass is 10.0. The molecule has 0 unspecified atom stereocenters. The van der Waals surface area contributed by atoms with Crippen LogP contribution in [0.5, 0.6) is 0 Å². The first kappa shape index (κ1) is 13.4. The van der Waals surface area contributed by atoms with E-state index in [2.05, 4.69) is 39.0 Å². The molecule has 0 amide bonds. The van der Waals surface area contributed by atoms with Gasteiger partial charge in [-0.1, -0.05) is 0 Å². The first-order valence-corrected chi connectivity index (χ1v) is 7.07. The quantitative estimate of drug-likeness (QED) is 0.883. The molecule has 0 saturated carbocycles. The number of nitrogens with one attached hydrogen (secondary N) is 2. The molecule has 1 aromatic carbocycles. The molecule has 2 N–H and O–H groups in total. The van der Waals surface area contributed by atoms with E-state index in [4.69, 9.17) is 0 Å². The number of fused-ring (bicyclic) bond motifs is 1. The number of benzene rings is 1. The summed E-state index contributed by atoms with van der Waals surface area (Å²) >= 11 is 0. The van der Waals surface area contributed by atoms with Crippen molar-refractivity contribution >= 4 is 17.2 Å². The van der Waals surface area contributed by atoms with Gasteiger partial charge < -0.3 is 10.6 Å². The zero-order valence-electron chi connectivity index (χ0n) is 12.2. The molecule has 0 fully saturated rings. The van der Waals surface area contributed by atoms with E-state index < -0.39 is 0 Å². The van der Waals surface area contributed by atoms with Gasteiger partial charge >= 0.3 is 0 Å². The fourth-order valence-electron chi connectivity index (χ4n) is 2.52. The Kier molecular flexibility index (Phi) is 3.44. The minimum atomic E-state index is 0.518. The Bertz CT molecular complexity index is 730. The van der Waals surface area contributed by atoms with Crippen LogP contribution in [-0.4, -0.2) is 16.7 Å². The van der Waals surface area contributed by atoms with Crippen LogP contribution in [0.1, 0.15) is 28.8 Å². The summed E-state index contributed by atoms with van der Waals surface area (Å²) in [6.07, 6.45) is 2.21. The summed E-state index contributed by atoms with van der Waals surface area (Å²) < 4.78 is 0. The summed E-state index contributed by atoms with van der Waals surface area (Å²) in [6.45, 7) is 4.78. The molecule has 0 atom stereocenters. The minimum absolute atomic E-state index is 0.518. The standard InChI is InChI=1S/C16H17N5/c1-10-11(2)20-21-16(14(10)9-17)19-13-5-6-15-12(8-13)4-3-7-18-15/h5-6,8,18H,3-4,7H2,1-2H3,(H,19,21). The van der Waals surface area contributed by atoms with Gasteiger partial charge in [-0.2, -0.15) is 10.4 Å². The summed E-state index contributed by atoms with van der Waals surface area (Å²) in [6, 6.07) is 8.38. The van der Waals surface area contributed by atoms with Crippen molar-refractivity contribution in [3.63, 3.8) is 0 Å². The molecular weight excluding hydrogens is 262 g/mol. The highest BCUT2D eigenvalue weighted by Gasteiger charge is 2.13. The number of aryl methyl sites for hydroxylation is 2. The summed E-state index contributed by atoms with van der Waals surface area (Å²) in [5.74, 6) is 0.518. The van der Waals surface area contributed by atoms with Crippen molar-refractivity contribution in [2.24, 2.45) is 0 Å². The highest BCUT2D eigenvalue weighted by atomic mass is 15.2. The number of aromatic nitrogens is 2. The highest BCUT2D eigenvalue weighted by molar-refractivity contribution is 5.68. The van der Waals surface area contributed by atoms with Crippen molar-refractivity contribution in [2.45, 2.75) is 26.7 Å². The Balaban J connectivity index is 1.94. The van der Waals surface area contributed by atoms with Crippen LogP contribution in [-0.2, 0) is 6.42 Å². The lowest BCUT2D eigenvalue weighted by Gasteiger charge is -2.19. The summed E-state index contributed by atoms with van der Waals surface area (Å²) in [7, 11) is 0. The normalized spacial score (nSPS) is 13.0. The van der Waals surface area contributed by atoms with E-state index in [9.17, 15) is 5.26 Å². The van der Waals surface area contributed by atoms with Gasteiger partial charge in [-0.05, 0) is 56.0 Å². The number of nitrogens with zero attached hydrogens (tertiary/aromatic N) is 3. The third-order valence-electron chi connectivity index (χ3n) is 3.87. The van der Waals surface area contributed by atoms with Gasteiger partial charge in [0.25, 0.3) is 0 Å². The van der Waals surface area contributed by atoms with Gasteiger partial charge in [0.1, 0.15) is 11.6 Å². The summed E-state index contributed by atoms with van der Waals surface area (Å²) in [5.41, 5.74) is 5.63. The van der Waals surface area contributed by atoms with Crippen LogP contribution in [0.3, 0.4) is 0 Å². The second kappa shape index (κ2) is 5.41. The largest absolute Gasteiger partial charge is 0.385 e. The van der Waals surface area contributed by atoms with E-state index in [1.54, 1.807) is 0 Å². The van der Waals surface area contributed by atoms with Gasteiger partial charge in [0.2, 0.25) is 0 Å². The van der Waals surface area contributed by atoms with Crippen molar-refractivity contribution in [3.8, 4) is 6.07 Å². The van der Waals surface area contributed by atoms with Crippen molar-refractivity contribution < 1.29 is 0 Å². The topological polar surface area (TPSA) is 73.6 Å². The molecule has 5 heteroatoms. The maximum absolute atomic E-state index is 9.33. The van der Waals surface area contributed by atoms with Crippen molar-refractivity contribution in [1.82, 2.24) is 10.2 Å². The van der Waals surface area contributed by atoms with E-state index in [0.29, 0.717) is 11.4 Å². The smallest absolute Gasteiger partial charge is 0.171 e. The lowest BCUT2D eigenvalue weighted by molar-refractivity contribution is 0.830. The van der Waals surface area contributed by atoms with Gasteiger partial charge in [0.05, 0.1) is 5.69 Å². The molecule has 2 aromatic rings. The molecule has 5 nitrogen and oxygen atoms in total. The molecule has 0 bridgehead atoms. The number of hydrogen-bond donors (Lipinski definition) is 2. The third-order valence-corrected chi connectivity index (χ3v) is 3.87. The lowest BCUT2D eigenvalue weighted by Crippen LogP contribution is -2.12. The minimum Gasteiger partial charge on any atom is -0.385 e. The van der Waals surface area contributed by atoms with Crippen LogP contribution in [0.2, 0.25) is 0 Å². The van der Waals surface area contributed by atoms with Crippen molar-refractivity contribution in [3.05, 3.63) is 40.6 Å². The maximum Gasteiger partial charge on any atom is 0.171 e. The van der Waals surface area contributed by atoms with Crippen LogP contribution < -0.4 is 10.6 Å². The zero-order chi connectivity index (χ0) is 14.8. The average molecular weight is 279 g/mol. The molecule has 1 aliphatic heterocycles. The first-order chi connectivity index (χ1) is 10.2. The van der Waals surface area contributed by atoms with E-state index in [1.165, 1.54) is 11.3 Å². The first-order valence-electron chi connectivity index (χ1n) is 7.07. The van der Waals surface area contributed by atoms with E-state index in [-0.39, 0.29) is 0 Å². The molecule has 0 spiro atoms. The SMILES string of the molecule is Cc1nnc(Nc2ccc3c(c2)CCCN3)c(C#N)c1C. The molecule has 21 heavy (non-hydrogen) atoms. The summed E-state index contributed by atoms with van der Waals surface area (Å²) in [5, 5.41) is 24.1. The molecule has 0 saturated heterocycles. The predicted molar refractivity (Wildman–Crippen MR) is 82.8 cm³/mol. The maximum atomic E-state index is 9.33. The Hall–Kier alpha value is -2.61. The number of rotatable bonds is 2. The Labute approximate surface area is 124 Å². The van der Waals surface area contributed by atoms with Crippen LogP contribution in [0.4, 0.5) is 17.2 Å². The van der Waals surface area contributed by atoms with Gasteiger partial charge in [-0.3, -0.25) is 0 Å². The molecule has 1 aromatic heterocycles. The van der Waals surface area contributed by atoms with E-state index in [0.717, 1.165) is 36.3 Å². The van der Waals surface area contributed by atoms with Crippen molar-refractivity contribution in [2.75, 3.05) is 17.2 Å². The van der Waals surface area contributed by atoms with Crippen LogP contribution in [0.15, 0.2) is 18.2 Å². The zero-order valence-corrected chi connectivity index (χ0v) is 12.2. The highest BCUT2D eigenvalue weighted by Crippen LogP contribution is 2.27. The molecule has 2 heterocycles. The van der Waals surface area contributed by atoms with Crippen LogP contribution >= 0.6 is 0 Å². The molecule has 1 aliphatic rings.